The molecule has 0 amide bonds. The van der Waals surface area contributed by atoms with Gasteiger partial charge in [-0.15, -0.1) is 0 Å². The molecule has 2 saturated carbocycles. The highest BCUT2D eigenvalue weighted by atomic mass is 15.1. The maximum Gasteiger partial charge on any atom is 0.112 e. The van der Waals surface area contributed by atoms with Gasteiger partial charge in [-0.2, -0.15) is 0 Å². The Balaban J connectivity index is 1.83. The fraction of sp³-hybridized carbons (Fsp3) is 0.562. The van der Waals surface area contributed by atoms with Gasteiger partial charge < -0.3 is 10.3 Å². The number of aryl methyl sites for hydroxylation is 1. The zero-order valence-corrected chi connectivity index (χ0v) is 11.7. The first-order chi connectivity index (χ1) is 9.12. The zero-order chi connectivity index (χ0) is 13.2. The molecule has 2 aliphatic rings. The Morgan fingerprint density at radius 2 is 2.11 bits per heavy atom. The summed E-state index contributed by atoms with van der Waals surface area (Å²) in [5, 5.41) is 0. The fourth-order valence-electron chi connectivity index (χ4n) is 3.38. The average molecular weight is 255 g/mol. The van der Waals surface area contributed by atoms with Crippen molar-refractivity contribution in [3.05, 3.63) is 29.6 Å². The second-order valence-electron chi connectivity index (χ2n) is 6.45. The third kappa shape index (κ3) is 1.57. The monoisotopic (exact) mass is 255 g/mol. The summed E-state index contributed by atoms with van der Waals surface area (Å²) in [5.41, 5.74) is 10.2. The summed E-state index contributed by atoms with van der Waals surface area (Å²) in [6.45, 7) is 2.13. The highest BCUT2D eigenvalue weighted by molar-refractivity contribution is 5.77. The van der Waals surface area contributed by atoms with E-state index in [9.17, 15) is 0 Å². The van der Waals surface area contributed by atoms with Gasteiger partial charge in [0.1, 0.15) is 5.82 Å². The summed E-state index contributed by atoms with van der Waals surface area (Å²) in [6, 6.07) is 7.00. The average Bonchev–Trinajstić information content (AvgIpc) is 3.27. The van der Waals surface area contributed by atoms with E-state index in [1.165, 1.54) is 42.6 Å². The number of nitrogens with two attached hydrogens (primary N) is 1. The van der Waals surface area contributed by atoms with Gasteiger partial charge >= 0.3 is 0 Å². The number of hydrogen-bond donors (Lipinski definition) is 1. The normalized spacial score (nSPS) is 22.7. The molecule has 1 atom stereocenters. The first-order valence-corrected chi connectivity index (χ1v) is 7.34. The van der Waals surface area contributed by atoms with Crippen LogP contribution in [0.5, 0.6) is 0 Å². The van der Waals surface area contributed by atoms with Gasteiger partial charge in [0.25, 0.3) is 0 Å². The molecule has 0 bridgehead atoms. The third-order valence-corrected chi connectivity index (χ3v) is 5.09. The Labute approximate surface area is 113 Å². The van der Waals surface area contributed by atoms with E-state index >= 15 is 0 Å². The van der Waals surface area contributed by atoms with E-state index in [1.54, 1.807) is 0 Å². The van der Waals surface area contributed by atoms with E-state index < -0.39 is 0 Å². The van der Waals surface area contributed by atoms with Crippen LogP contribution < -0.4 is 5.73 Å². The molecule has 3 nitrogen and oxygen atoms in total. The molecule has 2 aliphatic carbocycles. The number of aromatic nitrogens is 2. The predicted molar refractivity (Wildman–Crippen MR) is 77.3 cm³/mol. The lowest BCUT2D eigenvalue weighted by molar-refractivity contribution is 0.557. The van der Waals surface area contributed by atoms with Crippen LogP contribution in [0.2, 0.25) is 0 Å². The molecule has 1 aromatic heterocycles. The molecule has 19 heavy (non-hydrogen) atoms. The molecule has 100 valence electrons. The van der Waals surface area contributed by atoms with Crippen molar-refractivity contribution in [1.82, 2.24) is 9.55 Å². The van der Waals surface area contributed by atoms with E-state index in [4.69, 9.17) is 10.7 Å². The largest absolute Gasteiger partial charge is 0.331 e. The number of fused-ring (bicyclic) bond motifs is 1. The van der Waals surface area contributed by atoms with Crippen LogP contribution in [0.25, 0.3) is 11.0 Å². The van der Waals surface area contributed by atoms with Gasteiger partial charge in [-0.3, -0.25) is 0 Å². The lowest BCUT2D eigenvalue weighted by atomic mass is 9.89. The van der Waals surface area contributed by atoms with E-state index in [0.29, 0.717) is 5.92 Å². The van der Waals surface area contributed by atoms with Gasteiger partial charge in [-0.1, -0.05) is 6.07 Å². The molecular formula is C16H21N3. The highest BCUT2D eigenvalue weighted by Gasteiger charge is 2.47. The van der Waals surface area contributed by atoms with Crippen molar-refractivity contribution in [3.8, 4) is 0 Å². The van der Waals surface area contributed by atoms with E-state index in [1.807, 2.05) is 0 Å². The van der Waals surface area contributed by atoms with Gasteiger partial charge in [0.15, 0.2) is 0 Å². The second-order valence-corrected chi connectivity index (χ2v) is 6.45. The number of imidazole rings is 1. The molecule has 0 aliphatic heterocycles. The van der Waals surface area contributed by atoms with Gasteiger partial charge in [-0.25, -0.2) is 4.98 Å². The standard InChI is InChI=1S/C16H21N3/c1-10(17)16(7-8-16)12-5-6-14-13(9-12)18-15(19(14)2)11-3-4-11/h5-6,9-11H,3-4,7-8,17H2,1-2H3. The van der Waals surface area contributed by atoms with E-state index in [2.05, 4.69) is 36.7 Å². The molecule has 0 saturated heterocycles. The maximum atomic E-state index is 6.18. The second kappa shape index (κ2) is 3.60. The Hall–Kier alpha value is -1.35. The van der Waals surface area contributed by atoms with Crippen LogP contribution >= 0.6 is 0 Å². The summed E-state index contributed by atoms with van der Waals surface area (Å²) in [5.74, 6) is 1.96. The molecule has 2 aromatic rings. The highest BCUT2D eigenvalue weighted by Crippen LogP contribution is 2.51. The predicted octanol–water partition coefficient (Wildman–Crippen LogP) is 2.83. The molecule has 0 spiro atoms. The number of nitrogens with zero attached hydrogens (tertiary/aromatic N) is 2. The minimum atomic E-state index is 0.228. The Morgan fingerprint density at radius 3 is 2.68 bits per heavy atom. The van der Waals surface area contributed by atoms with Crippen LogP contribution in [0.15, 0.2) is 18.2 Å². The first kappa shape index (κ1) is 11.5. The minimum absolute atomic E-state index is 0.228. The van der Waals surface area contributed by atoms with Crippen molar-refractivity contribution < 1.29 is 0 Å². The van der Waals surface area contributed by atoms with E-state index in [0.717, 1.165) is 5.52 Å². The van der Waals surface area contributed by atoms with Crippen molar-refractivity contribution in [2.24, 2.45) is 12.8 Å². The van der Waals surface area contributed by atoms with Crippen LogP contribution in [0.3, 0.4) is 0 Å². The molecule has 1 heterocycles. The lowest BCUT2D eigenvalue weighted by Gasteiger charge is -2.19. The summed E-state index contributed by atoms with van der Waals surface area (Å²) in [6.07, 6.45) is 5.04. The molecule has 0 radical (unpaired) electrons. The molecule has 1 unspecified atom stereocenters. The minimum Gasteiger partial charge on any atom is -0.331 e. The van der Waals surface area contributed by atoms with Crippen LogP contribution in [0.4, 0.5) is 0 Å². The number of hydrogen-bond acceptors (Lipinski definition) is 2. The summed E-state index contributed by atoms with van der Waals surface area (Å²) < 4.78 is 2.27. The van der Waals surface area contributed by atoms with E-state index in [-0.39, 0.29) is 11.5 Å². The van der Waals surface area contributed by atoms with Crippen molar-refractivity contribution in [1.29, 1.82) is 0 Å². The molecule has 3 heteroatoms. The van der Waals surface area contributed by atoms with Crippen molar-refractivity contribution >= 4 is 11.0 Å². The molecular weight excluding hydrogens is 234 g/mol. The fourth-order valence-corrected chi connectivity index (χ4v) is 3.38. The SMILES string of the molecule is CC(N)C1(c2ccc3c(c2)nc(C2CC2)n3C)CC1. The summed E-state index contributed by atoms with van der Waals surface area (Å²) >= 11 is 0. The van der Waals surface area contributed by atoms with Gasteiger partial charge in [0.2, 0.25) is 0 Å². The lowest BCUT2D eigenvalue weighted by Crippen LogP contribution is -2.31. The third-order valence-electron chi connectivity index (χ3n) is 5.09. The molecule has 2 fully saturated rings. The Morgan fingerprint density at radius 1 is 1.37 bits per heavy atom. The Kier molecular flexibility index (Phi) is 2.17. The Bertz CT molecular complexity index is 645. The molecule has 2 N–H and O–H groups in total. The van der Waals surface area contributed by atoms with Gasteiger partial charge in [0, 0.05) is 24.4 Å². The molecule has 1 aromatic carbocycles. The zero-order valence-electron chi connectivity index (χ0n) is 11.7. The van der Waals surface area contributed by atoms with Gasteiger partial charge in [-0.05, 0) is 50.3 Å². The van der Waals surface area contributed by atoms with Crippen molar-refractivity contribution in [2.45, 2.75) is 50.0 Å². The van der Waals surface area contributed by atoms with Gasteiger partial charge in [0.05, 0.1) is 11.0 Å². The number of benzene rings is 1. The first-order valence-electron chi connectivity index (χ1n) is 7.34. The quantitative estimate of drug-likeness (QED) is 0.916. The van der Waals surface area contributed by atoms with Crippen molar-refractivity contribution in [3.63, 3.8) is 0 Å². The van der Waals surface area contributed by atoms with Crippen molar-refractivity contribution in [2.75, 3.05) is 0 Å². The summed E-state index contributed by atoms with van der Waals surface area (Å²) in [7, 11) is 2.14. The van der Waals surface area contributed by atoms with Crippen LogP contribution in [0.1, 0.15) is 49.9 Å². The number of rotatable bonds is 3. The maximum absolute atomic E-state index is 6.18. The van der Waals surface area contributed by atoms with Crippen LogP contribution in [0, 0.1) is 0 Å². The summed E-state index contributed by atoms with van der Waals surface area (Å²) in [4.78, 5) is 4.86. The van der Waals surface area contributed by atoms with Crippen LogP contribution in [-0.2, 0) is 12.5 Å². The van der Waals surface area contributed by atoms with Crippen LogP contribution in [-0.4, -0.2) is 15.6 Å². The molecule has 4 rings (SSSR count). The topological polar surface area (TPSA) is 43.8 Å². The smallest absolute Gasteiger partial charge is 0.112 e.